The molecule has 0 aromatic carbocycles. The highest BCUT2D eigenvalue weighted by Gasteiger charge is 2.14. The molecule has 0 aliphatic carbocycles. The molecule has 1 unspecified atom stereocenters. The van der Waals surface area contributed by atoms with E-state index >= 15 is 0 Å². The maximum Gasteiger partial charge on any atom is 0.216 e. The minimum Gasteiger partial charge on any atom is -0.481 e. The zero-order valence-corrected chi connectivity index (χ0v) is 12.3. The highest BCUT2D eigenvalue weighted by Crippen LogP contribution is 2.25. The van der Waals surface area contributed by atoms with Crippen LogP contribution in [-0.4, -0.2) is 23.6 Å². The molecule has 0 fully saturated rings. The molecule has 0 saturated carbocycles. The minimum absolute atomic E-state index is 0.295. The summed E-state index contributed by atoms with van der Waals surface area (Å²) in [6.45, 7) is 5.18. The molecule has 0 radical (unpaired) electrons. The fraction of sp³-hybridized carbons (Fsp3) is 0.429. The van der Waals surface area contributed by atoms with Crippen LogP contribution in [0.1, 0.15) is 28.4 Å². The molecule has 4 nitrogen and oxygen atoms in total. The molecule has 0 aliphatic heterocycles. The van der Waals surface area contributed by atoms with Crippen molar-refractivity contribution < 1.29 is 4.74 Å². The van der Waals surface area contributed by atoms with E-state index in [1.54, 1.807) is 13.4 Å². The summed E-state index contributed by atoms with van der Waals surface area (Å²) < 4.78 is 5.14. The Morgan fingerprint density at radius 1 is 1.37 bits per heavy atom. The van der Waals surface area contributed by atoms with E-state index in [0.29, 0.717) is 11.9 Å². The van der Waals surface area contributed by atoms with Crippen molar-refractivity contribution in [2.75, 3.05) is 13.7 Å². The van der Waals surface area contributed by atoms with Crippen LogP contribution in [0.15, 0.2) is 24.5 Å². The minimum atomic E-state index is 0.295. The quantitative estimate of drug-likeness (QED) is 0.882. The Balaban J connectivity index is 2.16. The van der Waals surface area contributed by atoms with Crippen LogP contribution in [0, 0.1) is 6.92 Å². The lowest BCUT2D eigenvalue weighted by atomic mass is 10.1. The van der Waals surface area contributed by atoms with Crippen LogP contribution in [0.25, 0.3) is 0 Å². The number of thiophene rings is 1. The molecule has 0 amide bonds. The fourth-order valence-electron chi connectivity index (χ4n) is 1.97. The highest BCUT2D eigenvalue weighted by atomic mass is 32.1. The van der Waals surface area contributed by atoms with Crippen LogP contribution in [-0.2, 0) is 6.42 Å². The molecular weight excluding hydrogens is 258 g/mol. The Kier molecular flexibility index (Phi) is 4.87. The first-order valence-electron chi connectivity index (χ1n) is 6.37. The predicted octanol–water partition coefficient (Wildman–Crippen LogP) is 2.75. The van der Waals surface area contributed by atoms with Gasteiger partial charge in [-0.05, 0) is 25.6 Å². The molecular formula is C14H19N3OS. The van der Waals surface area contributed by atoms with Gasteiger partial charge in [0.1, 0.15) is 6.33 Å². The summed E-state index contributed by atoms with van der Waals surface area (Å²) in [7, 11) is 1.62. The second-order valence-corrected chi connectivity index (χ2v) is 5.63. The van der Waals surface area contributed by atoms with Crippen molar-refractivity contribution in [3.63, 3.8) is 0 Å². The lowest BCUT2D eigenvalue weighted by Gasteiger charge is -2.16. The number of aryl methyl sites for hydroxylation is 1. The molecule has 19 heavy (non-hydrogen) atoms. The SMILES string of the molecule is CCNC(Cc1cc(OC)ncn1)c1ccc(C)s1. The van der Waals surface area contributed by atoms with Crippen LogP contribution in [0.5, 0.6) is 5.88 Å². The van der Waals surface area contributed by atoms with Crippen molar-refractivity contribution in [3.8, 4) is 5.88 Å². The summed E-state index contributed by atoms with van der Waals surface area (Å²) in [5, 5.41) is 3.51. The van der Waals surface area contributed by atoms with Crippen LogP contribution in [0.2, 0.25) is 0 Å². The van der Waals surface area contributed by atoms with E-state index < -0.39 is 0 Å². The Morgan fingerprint density at radius 2 is 2.21 bits per heavy atom. The molecule has 1 atom stereocenters. The van der Waals surface area contributed by atoms with Gasteiger partial charge in [0.05, 0.1) is 7.11 Å². The first-order chi connectivity index (χ1) is 9.22. The number of likely N-dealkylation sites (N-methyl/N-ethyl adjacent to an activating group) is 1. The second kappa shape index (κ2) is 6.63. The van der Waals surface area contributed by atoms with E-state index in [0.717, 1.165) is 18.7 Å². The Morgan fingerprint density at radius 3 is 2.84 bits per heavy atom. The molecule has 2 rings (SSSR count). The van der Waals surface area contributed by atoms with Gasteiger partial charge in [0, 0.05) is 34.0 Å². The number of methoxy groups -OCH3 is 1. The van der Waals surface area contributed by atoms with Crippen molar-refractivity contribution >= 4 is 11.3 Å². The zero-order valence-electron chi connectivity index (χ0n) is 11.5. The Labute approximate surface area is 117 Å². The third-order valence-corrected chi connectivity index (χ3v) is 3.99. The van der Waals surface area contributed by atoms with E-state index in [1.165, 1.54) is 9.75 Å². The number of nitrogens with one attached hydrogen (secondary N) is 1. The Bertz CT molecular complexity index is 527. The van der Waals surface area contributed by atoms with Gasteiger partial charge in [-0.25, -0.2) is 9.97 Å². The maximum atomic E-state index is 5.14. The molecule has 102 valence electrons. The van der Waals surface area contributed by atoms with Gasteiger partial charge in [0.2, 0.25) is 5.88 Å². The number of hydrogen-bond acceptors (Lipinski definition) is 5. The maximum absolute atomic E-state index is 5.14. The Hall–Kier alpha value is -1.46. The summed E-state index contributed by atoms with van der Waals surface area (Å²) in [6.07, 6.45) is 2.39. The third kappa shape index (κ3) is 3.75. The largest absolute Gasteiger partial charge is 0.481 e. The van der Waals surface area contributed by atoms with Crippen LogP contribution < -0.4 is 10.1 Å². The molecule has 2 heterocycles. The second-order valence-electron chi connectivity index (χ2n) is 4.31. The summed E-state index contributed by atoms with van der Waals surface area (Å²) in [5.74, 6) is 0.614. The lowest BCUT2D eigenvalue weighted by Crippen LogP contribution is -2.22. The lowest BCUT2D eigenvalue weighted by molar-refractivity contribution is 0.395. The molecule has 0 aliphatic rings. The summed E-state index contributed by atoms with van der Waals surface area (Å²) in [4.78, 5) is 11.0. The van der Waals surface area contributed by atoms with E-state index in [2.05, 4.69) is 41.3 Å². The normalized spacial score (nSPS) is 12.4. The van der Waals surface area contributed by atoms with Gasteiger partial charge in [-0.1, -0.05) is 6.92 Å². The van der Waals surface area contributed by atoms with Crippen molar-refractivity contribution in [2.24, 2.45) is 0 Å². The number of nitrogens with zero attached hydrogens (tertiary/aromatic N) is 2. The molecule has 2 aromatic heterocycles. The van der Waals surface area contributed by atoms with Gasteiger partial charge in [0.15, 0.2) is 0 Å². The summed E-state index contributed by atoms with van der Waals surface area (Å²) in [5.41, 5.74) is 0.990. The fourth-order valence-corrected chi connectivity index (χ4v) is 2.92. The molecule has 2 aromatic rings. The van der Waals surface area contributed by atoms with Crippen molar-refractivity contribution in [1.82, 2.24) is 15.3 Å². The van der Waals surface area contributed by atoms with E-state index in [1.807, 2.05) is 17.4 Å². The molecule has 5 heteroatoms. The van der Waals surface area contributed by atoms with Crippen molar-refractivity contribution in [3.05, 3.63) is 40.0 Å². The average molecular weight is 277 g/mol. The smallest absolute Gasteiger partial charge is 0.216 e. The molecule has 0 saturated heterocycles. The summed E-state index contributed by atoms with van der Waals surface area (Å²) in [6, 6.07) is 6.53. The number of rotatable bonds is 6. The van der Waals surface area contributed by atoms with Gasteiger partial charge in [0.25, 0.3) is 0 Å². The van der Waals surface area contributed by atoms with Gasteiger partial charge in [-0.15, -0.1) is 11.3 Å². The zero-order chi connectivity index (χ0) is 13.7. The van der Waals surface area contributed by atoms with Crippen LogP contribution in [0.4, 0.5) is 0 Å². The number of aromatic nitrogens is 2. The van der Waals surface area contributed by atoms with Gasteiger partial charge >= 0.3 is 0 Å². The van der Waals surface area contributed by atoms with E-state index in [4.69, 9.17) is 4.74 Å². The van der Waals surface area contributed by atoms with Gasteiger partial charge < -0.3 is 10.1 Å². The van der Waals surface area contributed by atoms with Gasteiger partial charge in [-0.3, -0.25) is 0 Å². The van der Waals surface area contributed by atoms with Gasteiger partial charge in [-0.2, -0.15) is 0 Å². The first-order valence-corrected chi connectivity index (χ1v) is 7.19. The molecule has 0 bridgehead atoms. The standard InChI is InChI=1S/C14H19N3OS/c1-4-15-12(13-6-5-10(2)19-13)7-11-8-14(18-3)17-9-16-11/h5-6,8-9,12,15H,4,7H2,1-3H3. The molecule has 0 spiro atoms. The summed E-state index contributed by atoms with van der Waals surface area (Å²) >= 11 is 1.83. The monoisotopic (exact) mass is 277 g/mol. The van der Waals surface area contributed by atoms with E-state index in [-0.39, 0.29) is 0 Å². The average Bonchev–Trinajstić information content (AvgIpc) is 2.85. The molecule has 1 N–H and O–H groups in total. The number of hydrogen-bond donors (Lipinski definition) is 1. The highest BCUT2D eigenvalue weighted by molar-refractivity contribution is 7.12. The van der Waals surface area contributed by atoms with Crippen LogP contribution in [0.3, 0.4) is 0 Å². The first kappa shape index (κ1) is 14.0. The van der Waals surface area contributed by atoms with Crippen molar-refractivity contribution in [1.29, 1.82) is 0 Å². The third-order valence-electron chi connectivity index (χ3n) is 2.88. The predicted molar refractivity (Wildman–Crippen MR) is 77.8 cm³/mol. The van der Waals surface area contributed by atoms with Crippen molar-refractivity contribution in [2.45, 2.75) is 26.3 Å². The topological polar surface area (TPSA) is 47.0 Å². The van der Waals surface area contributed by atoms with E-state index in [9.17, 15) is 0 Å². The van der Waals surface area contributed by atoms with Crippen LogP contribution >= 0.6 is 11.3 Å². The number of ether oxygens (including phenoxy) is 1.